The van der Waals surface area contributed by atoms with Crippen molar-refractivity contribution in [3.8, 4) is 0 Å². The molecule has 0 fully saturated rings. The van der Waals surface area contributed by atoms with Crippen molar-refractivity contribution in [1.29, 1.82) is 0 Å². The molecule has 1 aromatic heterocycles. The summed E-state index contributed by atoms with van der Waals surface area (Å²) >= 11 is 0. The monoisotopic (exact) mass is 191 g/mol. The van der Waals surface area contributed by atoms with Crippen LogP contribution in [0.5, 0.6) is 0 Å². The van der Waals surface area contributed by atoms with Crippen molar-refractivity contribution in [1.82, 2.24) is 9.88 Å². The molecule has 76 valence electrons. The van der Waals surface area contributed by atoms with Crippen LogP contribution in [-0.2, 0) is 19.4 Å². The van der Waals surface area contributed by atoms with Crippen LogP contribution in [-0.4, -0.2) is 30.0 Å². The molecule has 0 saturated carbocycles. The zero-order valence-corrected chi connectivity index (χ0v) is 8.66. The van der Waals surface area contributed by atoms with Gasteiger partial charge in [0, 0.05) is 25.5 Å². The standard InChI is InChI=1S/C11H17N3/c1-14-5-3-11-9(2-4-12)6-13-7-10(11)8-14/h6-7H,2-5,8,12H2,1H3. The third kappa shape index (κ3) is 1.79. The molecule has 1 aliphatic heterocycles. The second kappa shape index (κ2) is 4.07. The van der Waals surface area contributed by atoms with Crippen LogP contribution in [0, 0.1) is 0 Å². The minimum absolute atomic E-state index is 0.716. The SMILES string of the molecule is CN1CCc2c(CCN)cncc2C1. The van der Waals surface area contributed by atoms with E-state index < -0.39 is 0 Å². The maximum atomic E-state index is 5.58. The third-order valence-electron chi connectivity index (χ3n) is 2.83. The van der Waals surface area contributed by atoms with Gasteiger partial charge in [-0.2, -0.15) is 0 Å². The van der Waals surface area contributed by atoms with Crippen LogP contribution >= 0.6 is 0 Å². The Morgan fingerprint density at radius 1 is 1.50 bits per heavy atom. The van der Waals surface area contributed by atoms with Crippen LogP contribution in [0.25, 0.3) is 0 Å². The first-order valence-corrected chi connectivity index (χ1v) is 5.14. The molecular formula is C11H17N3. The molecule has 0 bridgehead atoms. The smallest absolute Gasteiger partial charge is 0.0315 e. The topological polar surface area (TPSA) is 42.1 Å². The highest BCUT2D eigenvalue weighted by atomic mass is 15.1. The van der Waals surface area contributed by atoms with Crippen molar-refractivity contribution >= 4 is 0 Å². The lowest BCUT2D eigenvalue weighted by Crippen LogP contribution is -2.27. The summed E-state index contributed by atoms with van der Waals surface area (Å²) in [7, 11) is 2.15. The van der Waals surface area contributed by atoms with Gasteiger partial charge in [0.25, 0.3) is 0 Å². The summed E-state index contributed by atoms with van der Waals surface area (Å²) in [4.78, 5) is 6.60. The van der Waals surface area contributed by atoms with Gasteiger partial charge < -0.3 is 10.6 Å². The highest BCUT2D eigenvalue weighted by molar-refractivity contribution is 5.34. The Bertz CT molecular complexity index is 308. The Morgan fingerprint density at radius 2 is 2.36 bits per heavy atom. The molecule has 2 heterocycles. The first-order valence-electron chi connectivity index (χ1n) is 5.14. The van der Waals surface area contributed by atoms with E-state index >= 15 is 0 Å². The van der Waals surface area contributed by atoms with E-state index in [1.54, 1.807) is 0 Å². The molecule has 2 rings (SSSR count). The van der Waals surface area contributed by atoms with Crippen molar-refractivity contribution in [3.05, 3.63) is 29.1 Å². The van der Waals surface area contributed by atoms with Crippen LogP contribution in [0.3, 0.4) is 0 Å². The first kappa shape index (κ1) is 9.62. The number of aromatic nitrogens is 1. The normalized spacial score (nSPS) is 16.7. The second-order valence-corrected chi connectivity index (χ2v) is 3.96. The maximum absolute atomic E-state index is 5.58. The van der Waals surface area contributed by atoms with E-state index in [1.165, 1.54) is 16.7 Å². The summed E-state index contributed by atoms with van der Waals surface area (Å²) in [6, 6.07) is 0. The predicted octanol–water partition coefficient (Wildman–Crippen LogP) is 0.571. The van der Waals surface area contributed by atoms with Crippen molar-refractivity contribution in [2.24, 2.45) is 5.73 Å². The van der Waals surface area contributed by atoms with Gasteiger partial charge >= 0.3 is 0 Å². The molecule has 0 amide bonds. The van der Waals surface area contributed by atoms with Crippen molar-refractivity contribution in [3.63, 3.8) is 0 Å². The average Bonchev–Trinajstić information content (AvgIpc) is 2.18. The summed E-state index contributed by atoms with van der Waals surface area (Å²) < 4.78 is 0. The molecule has 0 aliphatic carbocycles. The van der Waals surface area contributed by atoms with Gasteiger partial charge in [0.1, 0.15) is 0 Å². The lowest BCUT2D eigenvalue weighted by Gasteiger charge is -2.26. The minimum atomic E-state index is 0.716. The van der Waals surface area contributed by atoms with E-state index in [0.29, 0.717) is 6.54 Å². The molecule has 3 heteroatoms. The van der Waals surface area contributed by atoms with Crippen molar-refractivity contribution in [2.75, 3.05) is 20.1 Å². The van der Waals surface area contributed by atoms with Crippen LogP contribution < -0.4 is 5.73 Å². The number of hydrogen-bond acceptors (Lipinski definition) is 3. The summed E-state index contributed by atoms with van der Waals surface area (Å²) in [5.41, 5.74) is 9.80. The molecule has 1 aliphatic rings. The lowest BCUT2D eigenvalue weighted by molar-refractivity contribution is 0.311. The van der Waals surface area contributed by atoms with Crippen molar-refractivity contribution < 1.29 is 0 Å². The zero-order chi connectivity index (χ0) is 9.97. The van der Waals surface area contributed by atoms with Crippen LogP contribution in [0.4, 0.5) is 0 Å². The van der Waals surface area contributed by atoms with Crippen LogP contribution in [0.2, 0.25) is 0 Å². The van der Waals surface area contributed by atoms with E-state index in [-0.39, 0.29) is 0 Å². The molecule has 3 nitrogen and oxygen atoms in total. The highest BCUT2D eigenvalue weighted by Gasteiger charge is 2.15. The molecule has 1 aromatic rings. The zero-order valence-electron chi connectivity index (χ0n) is 8.66. The number of pyridine rings is 1. The molecule has 0 atom stereocenters. The second-order valence-electron chi connectivity index (χ2n) is 3.96. The Kier molecular flexibility index (Phi) is 2.79. The van der Waals surface area contributed by atoms with Gasteiger partial charge in [0.15, 0.2) is 0 Å². The lowest BCUT2D eigenvalue weighted by atomic mass is 9.96. The summed E-state index contributed by atoms with van der Waals surface area (Å²) in [6.07, 6.45) is 6.06. The number of likely N-dealkylation sites (N-methyl/N-ethyl adjacent to an activating group) is 1. The maximum Gasteiger partial charge on any atom is 0.0315 e. The molecule has 2 N–H and O–H groups in total. The fourth-order valence-corrected chi connectivity index (χ4v) is 2.08. The average molecular weight is 191 g/mol. The van der Waals surface area contributed by atoms with Gasteiger partial charge in [-0.05, 0) is 43.1 Å². The molecule has 14 heavy (non-hydrogen) atoms. The number of hydrogen-bond donors (Lipinski definition) is 1. The summed E-state index contributed by atoms with van der Waals surface area (Å²) in [5, 5.41) is 0. The quantitative estimate of drug-likeness (QED) is 0.743. The molecule has 0 aromatic carbocycles. The van der Waals surface area contributed by atoms with Gasteiger partial charge in [-0.1, -0.05) is 0 Å². The molecule has 0 radical (unpaired) electrons. The minimum Gasteiger partial charge on any atom is -0.330 e. The van der Waals surface area contributed by atoms with E-state index in [4.69, 9.17) is 5.73 Å². The van der Waals surface area contributed by atoms with Gasteiger partial charge in [-0.15, -0.1) is 0 Å². The fraction of sp³-hybridized carbons (Fsp3) is 0.545. The number of fused-ring (bicyclic) bond motifs is 1. The molecule has 0 spiro atoms. The van der Waals surface area contributed by atoms with Gasteiger partial charge in [-0.3, -0.25) is 4.98 Å². The van der Waals surface area contributed by atoms with Gasteiger partial charge in [-0.25, -0.2) is 0 Å². The molecule has 0 saturated heterocycles. The Balaban J connectivity index is 2.31. The number of nitrogens with two attached hydrogens (primary N) is 1. The van der Waals surface area contributed by atoms with Crippen molar-refractivity contribution in [2.45, 2.75) is 19.4 Å². The first-order chi connectivity index (χ1) is 6.81. The van der Waals surface area contributed by atoms with E-state index in [9.17, 15) is 0 Å². The Hall–Kier alpha value is -0.930. The third-order valence-corrected chi connectivity index (χ3v) is 2.83. The van der Waals surface area contributed by atoms with E-state index in [0.717, 1.165) is 25.9 Å². The predicted molar refractivity (Wildman–Crippen MR) is 57.0 cm³/mol. The van der Waals surface area contributed by atoms with Gasteiger partial charge in [0.05, 0.1) is 0 Å². The van der Waals surface area contributed by atoms with Crippen LogP contribution in [0.15, 0.2) is 12.4 Å². The summed E-state index contributed by atoms with van der Waals surface area (Å²) in [5.74, 6) is 0. The van der Waals surface area contributed by atoms with E-state index in [1.807, 2.05) is 12.4 Å². The highest BCUT2D eigenvalue weighted by Crippen LogP contribution is 2.20. The largest absolute Gasteiger partial charge is 0.330 e. The van der Waals surface area contributed by atoms with E-state index in [2.05, 4.69) is 16.9 Å². The Labute approximate surface area is 84.9 Å². The number of nitrogens with zero attached hydrogens (tertiary/aromatic N) is 2. The Morgan fingerprint density at radius 3 is 3.14 bits per heavy atom. The number of rotatable bonds is 2. The molecular weight excluding hydrogens is 174 g/mol. The summed E-state index contributed by atoms with van der Waals surface area (Å²) in [6.45, 7) is 2.89. The van der Waals surface area contributed by atoms with Gasteiger partial charge in [0.2, 0.25) is 0 Å². The van der Waals surface area contributed by atoms with Crippen LogP contribution in [0.1, 0.15) is 16.7 Å². The molecule has 0 unspecified atom stereocenters. The fourth-order valence-electron chi connectivity index (χ4n) is 2.08.